The van der Waals surface area contributed by atoms with E-state index in [0.717, 1.165) is 26.1 Å². The average Bonchev–Trinajstić information content (AvgIpc) is 2.28. The standard InChI is InChI=1S/C12H21N3O/c1-15(2)8-4-6-13-10-11-5-7-14-12(9-11)16-3/h5,7,9,13H,4,6,8,10H2,1-3H3. The number of nitrogens with one attached hydrogen (secondary N) is 1. The zero-order valence-corrected chi connectivity index (χ0v) is 10.4. The number of pyridine rings is 1. The third-order valence-electron chi connectivity index (χ3n) is 2.30. The largest absolute Gasteiger partial charge is 0.481 e. The van der Waals surface area contributed by atoms with Crippen LogP contribution in [0.1, 0.15) is 12.0 Å². The van der Waals surface area contributed by atoms with E-state index in [1.54, 1.807) is 13.3 Å². The van der Waals surface area contributed by atoms with Crippen LogP contribution < -0.4 is 10.1 Å². The Morgan fingerprint density at radius 2 is 2.25 bits per heavy atom. The second kappa shape index (κ2) is 7.19. The Hall–Kier alpha value is -1.13. The summed E-state index contributed by atoms with van der Waals surface area (Å²) in [5.41, 5.74) is 1.21. The van der Waals surface area contributed by atoms with Crippen molar-refractivity contribution in [3.8, 4) is 5.88 Å². The number of hydrogen-bond acceptors (Lipinski definition) is 4. The SMILES string of the molecule is COc1cc(CNCCCN(C)C)ccn1. The summed E-state index contributed by atoms with van der Waals surface area (Å²) in [4.78, 5) is 6.26. The highest BCUT2D eigenvalue weighted by atomic mass is 16.5. The van der Waals surface area contributed by atoms with Crippen molar-refractivity contribution < 1.29 is 4.74 Å². The van der Waals surface area contributed by atoms with Gasteiger partial charge in [0, 0.05) is 18.8 Å². The van der Waals surface area contributed by atoms with Crippen LogP contribution in [0, 0.1) is 0 Å². The molecule has 0 aromatic carbocycles. The second-order valence-electron chi connectivity index (χ2n) is 4.04. The molecular weight excluding hydrogens is 202 g/mol. The van der Waals surface area contributed by atoms with Gasteiger partial charge in [-0.05, 0) is 45.2 Å². The first-order valence-electron chi connectivity index (χ1n) is 5.56. The number of nitrogens with zero attached hydrogens (tertiary/aromatic N) is 2. The molecule has 0 saturated carbocycles. The molecule has 0 radical (unpaired) electrons. The molecule has 0 aliphatic rings. The summed E-state index contributed by atoms with van der Waals surface area (Å²) in [5.74, 6) is 0.674. The van der Waals surface area contributed by atoms with Crippen LogP contribution in [0.2, 0.25) is 0 Å². The lowest BCUT2D eigenvalue weighted by molar-refractivity contribution is 0.392. The monoisotopic (exact) mass is 223 g/mol. The summed E-state index contributed by atoms with van der Waals surface area (Å²) in [5, 5.41) is 3.40. The molecule has 0 aliphatic carbocycles. The van der Waals surface area contributed by atoms with Gasteiger partial charge in [0.25, 0.3) is 0 Å². The van der Waals surface area contributed by atoms with Gasteiger partial charge in [0.2, 0.25) is 5.88 Å². The smallest absolute Gasteiger partial charge is 0.213 e. The molecular formula is C12H21N3O. The van der Waals surface area contributed by atoms with Gasteiger partial charge in [0.1, 0.15) is 0 Å². The minimum Gasteiger partial charge on any atom is -0.481 e. The van der Waals surface area contributed by atoms with Crippen molar-refractivity contribution >= 4 is 0 Å². The minimum atomic E-state index is 0.674. The Balaban J connectivity index is 2.21. The molecule has 1 heterocycles. The van der Waals surface area contributed by atoms with Crippen LogP contribution in [0.3, 0.4) is 0 Å². The molecule has 0 unspecified atom stereocenters. The van der Waals surface area contributed by atoms with E-state index in [9.17, 15) is 0 Å². The first-order chi connectivity index (χ1) is 7.72. The fourth-order valence-electron chi connectivity index (χ4n) is 1.43. The van der Waals surface area contributed by atoms with E-state index in [2.05, 4.69) is 29.3 Å². The highest BCUT2D eigenvalue weighted by molar-refractivity contribution is 5.20. The first-order valence-corrected chi connectivity index (χ1v) is 5.56. The molecule has 0 saturated heterocycles. The Labute approximate surface area is 97.6 Å². The Morgan fingerprint density at radius 1 is 1.44 bits per heavy atom. The van der Waals surface area contributed by atoms with Gasteiger partial charge in [-0.1, -0.05) is 0 Å². The Kier molecular flexibility index (Phi) is 5.82. The quantitative estimate of drug-likeness (QED) is 0.703. The molecule has 1 aromatic rings. The van der Waals surface area contributed by atoms with Crippen molar-refractivity contribution in [2.75, 3.05) is 34.3 Å². The fourth-order valence-corrected chi connectivity index (χ4v) is 1.43. The average molecular weight is 223 g/mol. The number of ether oxygens (including phenoxy) is 1. The molecule has 0 atom stereocenters. The third kappa shape index (κ3) is 5.09. The van der Waals surface area contributed by atoms with Crippen molar-refractivity contribution in [3.63, 3.8) is 0 Å². The van der Waals surface area contributed by atoms with E-state index in [1.165, 1.54) is 5.56 Å². The van der Waals surface area contributed by atoms with Gasteiger partial charge in [0.15, 0.2) is 0 Å². The fraction of sp³-hybridized carbons (Fsp3) is 0.583. The normalized spacial score (nSPS) is 10.8. The lowest BCUT2D eigenvalue weighted by atomic mass is 10.2. The lowest BCUT2D eigenvalue weighted by Crippen LogP contribution is -2.21. The maximum absolute atomic E-state index is 5.07. The first kappa shape index (κ1) is 12.9. The minimum absolute atomic E-state index is 0.674. The predicted octanol–water partition coefficient (Wildman–Crippen LogP) is 1.13. The van der Waals surface area contributed by atoms with Gasteiger partial charge in [-0.25, -0.2) is 4.98 Å². The van der Waals surface area contributed by atoms with Crippen LogP contribution in [0.5, 0.6) is 5.88 Å². The van der Waals surface area contributed by atoms with E-state index in [1.807, 2.05) is 12.1 Å². The number of rotatable bonds is 7. The zero-order chi connectivity index (χ0) is 11.8. The number of methoxy groups -OCH3 is 1. The van der Waals surface area contributed by atoms with Crippen molar-refractivity contribution in [1.82, 2.24) is 15.2 Å². The van der Waals surface area contributed by atoms with E-state index < -0.39 is 0 Å². The van der Waals surface area contributed by atoms with Crippen LogP contribution in [-0.2, 0) is 6.54 Å². The predicted molar refractivity (Wildman–Crippen MR) is 65.7 cm³/mol. The highest BCUT2D eigenvalue weighted by Crippen LogP contribution is 2.07. The summed E-state index contributed by atoms with van der Waals surface area (Å²) >= 11 is 0. The maximum atomic E-state index is 5.07. The van der Waals surface area contributed by atoms with Gasteiger partial charge in [0.05, 0.1) is 7.11 Å². The summed E-state index contributed by atoms with van der Waals surface area (Å²) in [6, 6.07) is 3.96. The van der Waals surface area contributed by atoms with Crippen LogP contribution >= 0.6 is 0 Å². The number of hydrogen-bond donors (Lipinski definition) is 1. The van der Waals surface area contributed by atoms with Crippen molar-refractivity contribution in [1.29, 1.82) is 0 Å². The molecule has 1 aromatic heterocycles. The molecule has 4 heteroatoms. The summed E-state index contributed by atoms with van der Waals surface area (Å²) < 4.78 is 5.07. The zero-order valence-electron chi connectivity index (χ0n) is 10.4. The van der Waals surface area contributed by atoms with E-state index in [4.69, 9.17) is 4.74 Å². The van der Waals surface area contributed by atoms with Gasteiger partial charge in [-0.3, -0.25) is 0 Å². The Morgan fingerprint density at radius 3 is 2.94 bits per heavy atom. The topological polar surface area (TPSA) is 37.4 Å². The van der Waals surface area contributed by atoms with Crippen molar-refractivity contribution in [3.05, 3.63) is 23.9 Å². The molecule has 0 amide bonds. The third-order valence-corrected chi connectivity index (χ3v) is 2.30. The molecule has 0 bridgehead atoms. The molecule has 90 valence electrons. The summed E-state index contributed by atoms with van der Waals surface area (Å²) in [6.07, 6.45) is 2.94. The van der Waals surface area contributed by atoms with Crippen LogP contribution in [0.25, 0.3) is 0 Å². The van der Waals surface area contributed by atoms with E-state index in [-0.39, 0.29) is 0 Å². The van der Waals surface area contributed by atoms with Gasteiger partial charge < -0.3 is 15.0 Å². The van der Waals surface area contributed by atoms with Gasteiger partial charge in [-0.2, -0.15) is 0 Å². The second-order valence-corrected chi connectivity index (χ2v) is 4.04. The highest BCUT2D eigenvalue weighted by Gasteiger charge is 1.96. The molecule has 1 N–H and O–H groups in total. The van der Waals surface area contributed by atoms with Crippen LogP contribution in [0.4, 0.5) is 0 Å². The Bertz CT molecular complexity index is 302. The maximum Gasteiger partial charge on any atom is 0.213 e. The lowest BCUT2D eigenvalue weighted by Gasteiger charge is -2.10. The van der Waals surface area contributed by atoms with E-state index >= 15 is 0 Å². The van der Waals surface area contributed by atoms with Gasteiger partial charge >= 0.3 is 0 Å². The molecule has 0 aliphatic heterocycles. The molecule has 0 spiro atoms. The van der Waals surface area contributed by atoms with Crippen LogP contribution in [-0.4, -0.2) is 44.2 Å². The van der Waals surface area contributed by atoms with Crippen molar-refractivity contribution in [2.24, 2.45) is 0 Å². The van der Waals surface area contributed by atoms with Crippen molar-refractivity contribution in [2.45, 2.75) is 13.0 Å². The summed E-state index contributed by atoms with van der Waals surface area (Å²) in [6.45, 7) is 3.02. The van der Waals surface area contributed by atoms with Crippen LogP contribution in [0.15, 0.2) is 18.3 Å². The molecule has 0 fully saturated rings. The molecule has 16 heavy (non-hydrogen) atoms. The molecule has 4 nitrogen and oxygen atoms in total. The van der Waals surface area contributed by atoms with E-state index in [0.29, 0.717) is 5.88 Å². The summed E-state index contributed by atoms with van der Waals surface area (Å²) in [7, 11) is 5.82. The molecule has 1 rings (SSSR count). The van der Waals surface area contributed by atoms with Gasteiger partial charge in [-0.15, -0.1) is 0 Å². The number of aromatic nitrogens is 1.